The summed E-state index contributed by atoms with van der Waals surface area (Å²) in [4.78, 5) is 6.36. The van der Waals surface area contributed by atoms with Crippen LogP contribution in [0, 0.1) is 0 Å². The summed E-state index contributed by atoms with van der Waals surface area (Å²) in [6.45, 7) is 2.10. The van der Waals surface area contributed by atoms with Gasteiger partial charge >= 0.3 is 0 Å². The van der Waals surface area contributed by atoms with Gasteiger partial charge in [0.15, 0.2) is 0 Å². The van der Waals surface area contributed by atoms with Crippen molar-refractivity contribution in [2.45, 2.75) is 24.3 Å². The van der Waals surface area contributed by atoms with Crippen molar-refractivity contribution < 1.29 is 8.76 Å². The molecule has 0 fully saturated rings. The molecule has 80 valence electrons. The van der Waals surface area contributed by atoms with Gasteiger partial charge in [0.2, 0.25) is 0 Å². The van der Waals surface area contributed by atoms with Crippen molar-refractivity contribution in [2.75, 3.05) is 4.90 Å². The van der Waals surface area contributed by atoms with E-state index in [0.717, 1.165) is 12.2 Å². The van der Waals surface area contributed by atoms with Crippen molar-refractivity contribution in [3.8, 4) is 0 Å². The summed E-state index contributed by atoms with van der Waals surface area (Å²) in [7, 11) is 0. The highest BCUT2D eigenvalue weighted by atomic mass is 32.2. The van der Waals surface area contributed by atoms with Gasteiger partial charge in [-0.2, -0.15) is 0 Å². The normalized spacial score (nSPS) is 22.0. The lowest BCUT2D eigenvalue weighted by Crippen LogP contribution is -2.23. The third kappa shape index (κ3) is 2.08. The largest absolute Gasteiger partial charge is 0.768 e. The zero-order valence-electron chi connectivity index (χ0n) is 8.29. The number of anilines is 1. The van der Waals surface area contributed by atoms with Crippen LogP contribution < -0.4 is 4.90 Å². The monoisotopic (exact) mass is 223 g/mol. The van der Waals surface area contributed by atoms with Crippen LogP contribution in [0.15, 0.2) is 35.5 Å². The summed E-state index contributed by atoms with van der Waals surface area (Å²) >= 11 is -2.20. The maximum absolute atomic E-state index is 10.6. The van der Waals surface area contributed by atoms with Gasteiger partial charge in [-0.1, -0.05) is 6.08 Å². The summed E-state index contributed by atoms with van der Waals surface area (Å²) in [5.74, 6) is 0.783. The van der Waals surface area contributed by atoms with E-state index in [9.17, 15) is 8.76 Å². The average Bonchev–Trinajstić information content (AvgIpc) is 2.65. The Morgan fingerprint density at radius 3 is 2.87 bits per heavy atom. The van der Waals surface area contributed by atoms with Crippen LogP contribution in [0.25, 0.3) is 0 Å². The predicted molar refractivity (Wildman–Crippen MR) is 57.1 cm³/mol. The van der Waals surface area contributed by atoms with E-state index in [-0.39, 0.29) is 4.90 Å². The van der Waals surface area contributed by atoms with Crippen molar-refractivity contribution in [2.24, 2.45) is 0 Å². The Hall–Kier alpha value is -1.20. The van der Waals surface area contributed by atoms with Crippen molar-refractivity contribution in [1.82, 2.24) is 4.98 Å². The molecule has 1 aliphatic heterocycles. The number of hydrogen-bond acceptors (Lipinski definition) is 4. The van der Waals surface area contributed by atoms with E-state index in [1.807, 2.05) is 11.1 Å². The Kier molecular flexibility index (Phi) is 2.83. The molecule has 0 radical (unpaired) electrons. The van der Waals surface area contributed by atoms with E-state index >= 15 is 0 Å². The lowest BCUT2D eigenvalue weighted by atomic mass is 10.2. The van der Waals surface area contributed by atoms with E-state index in [0.29, 0.717) is 6.04 Å². The molecule has 2 atom stereocenters. The second-order valence-corrected chi connectivity index (χ2v) is 4.40. The fourth-order valence-electron chi connectivity index (χ4n) is 1.56. The Morgan fingerprint density at radius 2 is 2.40 bits per heavy atom. The van der Waals surface area contributed by atoms with Crippen LogP contribution in [0.1, 0.15) is 13.3 Å². The minimum Gasteiger partial charge on any atom is -0.768 e. The van der Waals surface area contributed by atoms with Gasteiger partial charge in [-0.05, 0) is 36.6 Å². The molecule has 1 aromatic rings. The van der Waals surface area contributed by atoms with Crippen molar-refractivity contribution in [3.63, 3.8) is 0 Å². The van der Waals surface area contributed by atoms with Crippen LogP contribution in [-0.2, 0) is 11.1 Å². The maximum Gasteiger partial charge on any atom is 0.132 e. The highest BCUT2D eigenvalue weighted by Crippen LogP contribution is 2.21. The molecule has 0 spiro atoms. The number of aromatic nitrogens is 1. The molecule has 5 heteroatoms. The topological polar surface area (TPSA) is 56.3 Å². The average molecular weight is 223 g/mol. The van der Waals surface area contributed by atoms with Gasteiger partial charge in [0, 0.05) is 23.3 Å². The Labute approximate surface area is 90.9 Å². The third-order valence-corrected chi connectivity index (χ3v) is 3.02. The van der Waals surface area contributed by atoms with Gasteiger partial charge in [-0.3, -0.25) is 4.21 Å². The molecule has 0 bridgehead atoms. The number of nitrogens with zero attached hydrogens (tertiary/aromatic N) is 2. The van der Waals surface area contributed by atoms with Crippen LogP contribution >= 0.6 is 0 Å². The molecule has 0 aromatic carbocycles. The summed E-state index contributed by atoms with van der Waals surface area (Å²) < 4.78 is 21.3. The fraction of sp³-hybridized carbons (Fsp3) is 0.300. The van der Waals surface area contributed by atoms with E-state index < -0.39 is 11.1 Å². The first-order valence-electron chi connectivity index (χ1n) is 4.69. The number of rotatable bonds is 2. The summed E-state index contributed by atoms with van der Waals surface area (Å²) in [6.07, 6.45) is 6.42. The quantitative estimate of drug-likeness (QED) is 0.712. The zero-order valence-corrected chi connectivity index (χ0v) is 9.11. The third-order valence-electron chi connectivity index (χ3n) is 2.40. The SMILES string of the molecule is C[C@H]1CC=CN1c1ccc(S(=O)[O-])cn1. The van der Waals surface area contributed by atoms with Gasteiger partial charge < -0.3 is 9.45 Å². The number of hydrogen-bond donors (Lipinski definition) is 0. The Bertz CT molecular complexity index is 402. The predicted octanol–water partition coefficient (Wildman–Crippen LogP) is 1.43. The molecule has 0 amide bonds. The molecule has 15 heavy (non-hydrogen) atoms. The smallest absolute Gasteiger partial charge is 0.132 e. The van der Waals surface area contributed by atoms with Crippen LogP contribution in [0.5, 0.6) is 0 Å². The molecule has 0 saturated heterocycles. The molecule has 0 N–H and O–H groups in total. The van der Waals surface area contributed by atoms with Crippen molar-refractivity contribution in [1.29, 1.82) is 0 Å². The van der Waals surface area contributed by atoms with Crippen molar-refractivity contribution in [3.05, 3.63) is 30.6 Å². The van der Waals surface area contributed by atoms with Crippen LogP contribution in [-0.4, -0.2) is 19.8 Å². The highest BCUT2D eigenvalue weighted by Gasteiger charge is 2.16. The molecular weight excluding hydrogens is 212 g/mol. The fourth-order valence-corrected chi connectivity index (χ4v) is 1.88. The first-order valence-corrected chi connectivity index (χ1v) is 5.76. The summed E-state index contributed by atoms with van der Waals surface area (Å²) in [5.41, 5.74) is 0. The highest BCUT2D eigenvalue weighted by molar-refractivity contribution is 7.79. The molecule has 0 aliphatic carbocycles. The molecule has 0 saturated carbocycles. The molecule has 1 aromatic heterocycles. The Balaban J connectivity index is 2.23. The molecule has 1 unspecified atom stereocenters. The first-order chi connectivity index (χ1) is 7.18. The lowest BCUT2D eigenvalue weighted by Gasteiger charge is -2.21. The van der Waals surface area contributed by atoms with Gasteiger partial charge in [0.25, 0.3) is 0 Å². The first kappa shape index (κ1) is 10.3. The van der Waals surface area contributed by atoms with E-state index in [4.69, 9.17) is 0 Å². The number of pyridine rings is 1. The standard InChI is InChI=1S/C10H12N2O2S/c1-8-3-2-6-12(8)10-5-4-9(7-11-10)15(13)14/h2,4-8H,3H2,1H3,(H,13,14)/p-1/t8-/m0/s1. The van der Waals surface area contributed by atoms with Crippen LogP contribution in [0.2, 0.25) is 0 Å². The van der Waals surface area contributed by atoms with E-state index in [2.05, 4.69) is 18.0 Å². The minimum absolute atomic E-state index is 0.217. The van der Waals surface area contributed by atoms with E-state index in [1.54, 1.807) is 12.1 Å². The van der Waals surface area contributed by atoms with Crippen molar-refractivity contribution >= 4 is 16.9 Å². The zero-order chi connectivity index (χ0) is 10.8. The molecule has 2 heterocycles. The second-order valence-electron chi connectivity index (χ2n) is 3.46. The molecule has 2 rings (SSSR count). The minimum atomic E-state index is -2.20. The molecular formula is C10H11N2O2S-. The van der Waals surface area contributed by atoms with Gasteiger partial charge in [-0.25, -0.2) is 4.98 Å². The van der Waals surface area contributed by atoms with Gasteiger partial charge in [-0.15, -0.1) is 0 Å². The van der Waals surface area contributed by atoms with E-state index in [1.165, 1.54) is 6.20 Å². The van der Waals surface area contributed by atoms with Crippen LogP contribution in [0.3, 0.4) is 0 Å². The van der Waals surface area contributed by atoms with Crippen LogP contribution in [0.4, 0.5) is 5.82 Å². The maximum atomic E-state index is 10.6. The van der Waals surface area contributed by atoms with Gasteiger partial charge in [0.1, 0.15) is 5.82 Å². The Morgan fingerprint density at radius 1 is 1.60 bits per heavy atom. The van der Waals surface area contributed by atoms with Gasteiger partial charge in [0.05, 0.1) is 0 Å². The summed E-state index contributed by atoms with van der Waals surface area (Å²) in [5, 5.41) is 0. The summed E-state index contributed by atoms with van der Waals surface area (Å²) in [6, 6.07) is 3.67. The molecule has 4 nitrogen and oxygen atoms in total. The second kappa shape index (κ2) is 4.12. The lowest BCUT2D eigenvalue weighted by molar-refractivity contribution is 0.536. The molecule has 1 aliphatic rings.